The summed E-state index contributed by atoms with van der Waals surface area (Å²) in [6.07, 6.45) is 7.88. The molecule has 0 heterocycles. The third-order valence-corrected chi connectivity index (χ3v) is 5.46. The second-order valence-electron chi connectivity index (χ2n) is 7.66. The van der Waals surface area contributed by atoms with Crippen LogP contribution in [0.1, 0.15) is 28.7 Å². The first kappa shape index (κ1) is 21.4. The third kappa shape index (κ3) is 5.06. The number of allylic oxidation sites excluding steroid dienone is 6. The molecule has 1 aliphatic rings. The van der Waals surface area contributed by atoms with Crippen LogP contribution in [0.25, 0.3) is 5.57 Å². The molecular weight excluding hydrogens is 399 g/mol. The van der Waals surface area contributed by atoms with Crippen LogP contribution < -0.4 is 4.74 Å². The van der Waals surface area contributed by atoms with Crippen LogP contribution in [0.5, 0.6) is 11.5 Å². The van der Waals surface area contributed by atoms with Gasteiger partial charge in [0.1, 0.15) is 23.9 Å². The van der Waals surface area contributed by atoms with E-state index < -0.39 is 0 Å². The van der Waals surface area contributed by atoms with E-state index in [0.29, 0.717) is 6.61 Å². The van der Waals surface area contributed by atoms with Gasteiger partial charge in [0.25, 0.3) is 0 Å². The quantitative estimate of drug-likeness (QED) is 0.403. The second-order valence-corrected chi connectivity index (χ2v) is 7.66. The Morgan fingerprint density at radius 3 is 2.62 bits per heavy atom. The van der Waals surface area contributed by atoms with Gasteiger partial charge in [0, 0.05) is 0 Å². The highest BCUT2D eigenvalue weighted by Crippen LogP contribution is 2.39. The summed E-state index contributed by atoms with van der Waals surface area (Å²) in [6, 6.07) is 23.5. The topological polar surface area (TPSA) is 29.5 Å². The maximum Gasteiger partial charge on any atom is 0.122 e. The van der Waals surface area contributed by atoms with Crippen LogP contribution in [0, 0.1) is 0 Å². The van der Waals surface area contributed by atoms with Crippen LogP contribution in [0.2, 0.25) is 0 Å². The standard InChI is InChI=1S/C29H25FO2/c1-2-25(30)12-6-10-22-14-15-23-19-27(32-20-21-8-4-3-5-9-21)16-17-28(23)29(22)24-11-7-13-26(31)18-24/h2-13,16-19,31H,1,14-15,20H2/b10-6+,25-12+. The Bertz CT molecular complexity index is 1200. The molecule has 4 rings (SSSR count). The van der Waals surface area contributed by atoms with Crippen LogP contribution in [-0.4, -0.2) is 5.11 Å². The summed E-state index contributed by atoms with van der Waals surface area (Å²) in [5.74, 6) is 0.667. The number of aromatic hydroxyl groups is 1. The van der Waals surface area contributed by atoms with Gasteiger partial charge in [-0.2, -0.15) is 0 Å². The Morgan fingerprint density at radius 1 is 1.00 bits per heavy atom. The number of aryl methyl sites for hydroxylation is 1. The number of hydrogen-bond acceptors (Lipinski definition) is 2. The van der Waals surface area contributed by atoms with Crippen molar-refractivity contribution in [1.29, 1.82) is 0 Å². The maximum atomic E-state index is 13.5. The van der Waals surface area contributed by atoms with Crippen molar-refractivity contribution in [1.82, 2.24) is 0 Å². The summed E-state index contributed by atoms with van der Waals surface area (Å²) in [5.41, 5.74) is 6.48. The highest BCUT2D eigenvalue weighted by Gasteiger charge is 2.20. The summed E-state index contributed by atoms with van der Waals surface area (Å²) >= 11 is 0. The van der Waals surface area contributed by atoms with E-state index in [1.54, 1.807) is 18.2 Å². The molecule has 0 fully saturated rings. The number of hydrogen-bond donors (Lipinski definition) is 1. The molecule has 0 saturated carbocycles. The first-order chi connectivity index (χ1) is 15.6. The fourth-order valence-corrected chi connectivity index (χ4v) is 3.91. The minimum absolute atomic E-state index is 0.214. The zero-order chi connectivity index (χ0) is 22.3. The summed E-state index contributed by atoms with van der Waals surface area (Å²) in [4.78, 5) is 0. The minimum atomic E-state index is -0.378. The Labute approximate surface area is 188 Å². The van der Waals surface area contributed by atoms with E-state index >= 15 is 0 Å². The van der Waals surface area contributed by atoms with Gasteiger partial charge < -0.3 is 9.84 Å². The number of ether oxygens (including phenoxy) is 1. The lowest BCUT2D eigenvalue weighted by molar-refractivity contribution is 0.306. The lowest BCUT2D eigenvalue weighted by atomic mass is 9.82. The second kappa shape index (κ2) is 9.97. The number of benzene rings is 3. The van der Waals surface area contributed by atoms with Crippen molar-refractivity contribution in [2.45, 2.75) is 19.4 Å². The van der Waals surface area contributed by atoms with Gasteiger partial charge in [0.05, 0.1) is 0 Å². The molecule has 0 unspecified atom stereocenters. The van der Waals surface area contributed by atoms with Crippen molar-refractivity contribution >= 4 is 5.57 Å². The number of rotatable bonds is 7. The summed E-state index contributed by atoms with van der Waals surface area (Å²) in [7, 11) is 0. The number of fused-ring (bicyclic) bond motifs is 1. The van der Waals surface area contributed by atoms with Crippen LogP contribution in [-0.2, 0) is 13.0 Å². The first-order valence-electron chi connectivity index (χ1n) is 10.6. The fraction of sp³-hybridized carbons (Fsp3) is 0.103. The maximum absolute atomic E-state index is 13.5. The largest absolute Gasteiger partial charge is 0.508 e. The van der Waals surface area contributed by atoms with Crippen LogP contribution >= 0.6 is 0 Å². The predicted octanol–water partition coefficient (Wildman–Crippen LogP) is 7.31. The summed E-state index contributed by atoms with van der Waals surface area (Å²) < 4.78 is 19.5. The molecule has 160 valence electrons. The van der Waals surface area contributed by atoms with Gasteiger partial charge in [-0.25, -0.2) is 4.39 Å². The van der Waals surface area contributed by atoms with Crippen LogP contribution in [0.3, 0.4) is 0 Å². The van der Waals surface area contributed by atoms with Crippen molar-refractivity contribution in [3.05, 3.63) is 137 Å². The van der Waals surface area contributed by atoms with E-state index in [1.807, 2.05) is 54.6 Å². The molecule has 0 aromatic heterocycles. The highest BCUT2D eigenvalue weighted by atomic mass is 19.1. The minimum Gasteiger partial charge on any atom is -0.508 e. The van der Waals surface area contributed by atoms with Gasteiger partial charge >= 0.3 is 0 Å². The average molecular weight is 425 g/mol. The van der Waals surface area contributed by atoms with Crippen molar-refractivity contribution in [3.8, 4) is 11.5 Å². The Morgan fingerprint density at radius 2 is 1.84 bits per heavy atom. The Hall–Kier alpha value is -3.85. The normalized spacial score (nSPS) is 13.8. The van der Waals surface area contributed by atoms with Crippen molar-refractivity contribution in [3.63, 3.8) is 0 Å². The smallest absolute Gasteiger partial charge is 0.122 e. The average Bonchev–Trinajstić information content (AvgIpc) is 2.83. The zero-order valence-electron chi connectivity index (χ0n) is 17.8. The van der Waals surface area contributed by atoms with Crippen molar-refractivity contribution in [2.24, 2.45) is 0 Å². The molecule has 32 heavy (non-hydrogen) atoms. The fourth-order valence-electron chi connectivity index (χ4n) is 3.91. The van der Waals surface area contributed by atoms with E-state index in [2.05, 4.69) is 18.7 Å². The van der Waals surface area contributed by atoms with Crippen LogP contribution in [0.15, 0.2) is 115 Å². The summed E-state index contributed by atoms with van der Waals surface area (Å²) in [6.45, 7) is 3.96. The number of phenols is 1. The molecule has 0 bridgehead atoms. The molecule has 2 nitrogen and oxygen atoms in total. The summed E-state index contributed by atoms with van der Waals surface area (Å²) in [5, 5.41) is 10.1. The lowest BCUT2D eigenvalue weighted by Gasteiger charge is -2.23. The Kier molecular flexibility index (Phi) is 6.66. The van der Waals surface area contributed by atoms with E-state index in [0.717, 1.165) is 46.4 Å². The van der Waals surface area contributed by atoms with Gasteiger partial charge in [-0.15, -0.1) is 0 Å². The predicted molar refractivity (Wildman–Crippen MR) is 128 cm³/mol. The monoisotopic (exact) mass is 424 g/mol. The third-order valence-electron chi connectivity index (χ3n) is 5.46. The molecule has 0 atom stereocenters. The molecule has 0 spiro atoms. The molecule has 3 aromatic carbocycles. The van der Waals surface area contributed by atoms with Gasteiger partial charge in [-0.05, 0) is 82.7 Å². The van der Waals surface area contributed by atoms with Gasteiger partial charge in [0.15, 0.2) is 0 Å². The molecule has 0 radical (unpaired) electrons. The lowest BCUT2D eigenvalue weighted by Crippen LogP contribution is -2.06. The van der Waals surface area contributed by atoms with E-state index in [9.17, 15) is 9.50 Å². The molecule has 0 amide bonds. The van der Waals surface area contributed by atoms with Gasteiger partial charge in [-0.3, -0.25) is 0 Å². The molecule has 0 aliphatic heterocycles. The van der Waals surface area contributed by atoms with Crippen LogP contribution in [0.4, 0.5) is 4.39 Å². The van der Waals surface area contributed by atoms with Crippen molar-refractivity contribution < 1.29 is 14.2 Å². The van der Waals surface area contributed by atoms with Crippen molar-refractivity contribution in [2.75, 3.05) is 0 Å². The highest BCUT2D eigenvalue weighted by molar-refractivity contribution is 5.87. The van der Waals surface area contributed by atoms with E-state index in [1.165, 1.54) is 17.7 Å². The van der Waals surface area contributed by atoms with E-state index in [-0.39, 0.29) is 11.6 Å². The van der Waals surface area contributed by atoms with Gasteiger partial charge in [0.2, 0.25) is 0 Å². The number of halogens is 1. The zero-order valence-corrected chi connectivity index (χ0v) is 17.8. The first-order valence-corrected chi connectivity index (χ1v) is 10.6. The Balaban J connectivity index is 1.69. The molecule has 1 aliphatic carbocycles. The van der Waals surface area contributed by atoms with E-state index in [4.69, 9.17) is 4.74 Å². The molecule has 0 saturated heterocycles. The molecular formula is C29H25FO2. The molecule has 3 aromatic rings. The number of phenolic OH excluding ortho intramolecular Hbond substituents is 1. The van der Waals surface area contributed by atoms with Gasteiger partial charge in [-0.1, -0.05) is 67.3 Å². The SMILES string of the molecule is C=C/C(F)=C\C=C\C1=C(c2cccc(O)c2)c2ccc(OCc3ccccc3)cc2CC1. The molecule has 3 heteroatoms. The molecule has 1 N–H and O–H groups in total.